The van der Waals surface area contributed by atoms with Crippen LogP contribution in [0.1, 0.15) is 18.7 Å². The number of anilines is 1. The molecule has 9 heteroatoms. The zero-order valence-electron chi connectivity index (χ0n) is 19.1. The lowest BCUT2D eigenvalue weighted by Crippen LogP contribution is -2.26. The van der Waals surface area contributed by atoms with E-state index in [-0.39, 0.29) is 11.6 Å². The van der Waals surface area contributed by atoms with E-state index >= 15 is 0 Å². The van der Waals surface area contributed by atoms with Crippen molar-refractivity contribution >= 4 is 38.3 Å². The van der Waals surface area contributed by atoms with E-state index in [4.69, 9.17) is 0 Å². The zero-order chi connectivity index (χ0) is 23.9. The lowest BCUT2D eigenvalue weighted by molar-refractivity contribution is 0.768. The second kappa shape index (κ2) is 8.44. The normalized spacial score (nSPS) is 12.3. The molecule has 0 amide bonds. The van der Waals surface area contributed by atoms with Gasteiger partial charge in [-0.3, -0.25) is 14.0 Å². The molecule has 0 fully saturated rings. The fourth-order valence-electron chi connectivity index (χ4n) is 4.42. The molecular weight excluding hydrogens is 458 g/mol. The summed E-state index contributed by atoms with van der Waals surface area (Å²) in [4.78, 5) is 28.1. The third kappa shape index (κ3) is 3.66. The van der Waals surface area contributed by atoms with E-state index in [0.29, 0.717) is 11.2 Å². The Bertz CT molecular complexity index is 1740. The van der Waals surface area contributed by atoms with Crippen molar-refractivity contribution in [2.75, 3.05) is 5.32 Å². The Hall–Kier alpha value is -4.37. The number of rotatable bonds is 5. The molecule has 1 atom stereocenters. The highest BCUT2D eigenvalue weighted by molar-refractivity contribution is 7.16. The maximum atomic E-state index is 14.2. The highest BCUT2D eigenvalue weighted by Crippen LogP contribution is 2.30. The number of aromatic nitrogens is 6. The van der Waals surface area contributed by atoms with Crippen molar-refractivity contribution in [1.29, 1.82) is 0 Å². The molecular formula is C26H21N7OS. The van der Waals surface area contributed by atoms with Gasteiger partial charge >= 0.3 is 0 Å². The predicted molar refractivity (Wildman–Crippen MR) is 139 cm³/mol. The molecule has 6 rings (SSSR count). The molecule has 1 N–H and O–H groups in total. The van der Waals surface area contributed by atoms with E-state index in [2.05, 4.69) is 31.4 Å². The minimum atomic E-state index is -0.242. The van der Waals surface area contributed by atoms with E-state index in [1.54, 1.807) is 21.0 Å². The van der Waals surface area contributed by atoms with Gasteiger partial charge in [0, 0.05) is 30.2 Å². The van der Waals surface area contributed by atoms with E-state index in [9.17, 15) is 4.79 Å². The van der Waals surface area contributed by atoms with Crippen molar-refractivity contribution in [2.24, 2.45) is 7.05 Å². The van der Waals surface area contributed by atoms with Gasteiger partial charge in [0.15, 0.2) is 5.82 Å². The maximum absolute atomic E-state index is 14.2. The Kier molecular flexibility index (Phi) is 5.11. The summed E-state index contributed by atoms with van der Waals surface area (Å²) >= 11 is 1.47. The van der Waals surface area contributed by atoms with Crippen molar-refractivity contribution in [2.45, 2.75) is 13.0 Å². The number of nitrogens with one attached hydrogen (secondary N) is 1. The van der Waals surface area contributed by atoms with Crippen molar-refractivity contribution in [1.82, 2.24) is 29.3 Å². The number of para-hydroxylation sites is 1. The van der Waals surface area contributed by atoms with Gasteiger partial charge in [-0.2, -0.15) is 5.10 Å². The first-order valence-corrected chi connectivity index (χ1v) is 12.0. The van der Waals surface area contributed by atoms with Crippen LogP contribution in [0.25, 0.3) is 37.9 Å². The molecule has 8 nitrogen and oxygen atoms in total. The summed E-state index contributed by atoms with van der Waals surface area (Å²) in [7, 11) is 1.87. The molecule has 2 aromatic carbocycles. The second-order valence-electron chi connectivity index (χ2n) is 8.31. The summed E-state index contributed by atoms with van der Waals surface area (Å²) in [6, 6.07) is 17.4. The average molecular weight is 480 g/mol. The quantitative estimate of drug-likeness (QED) is 0.376. The van der Waals surface area contributed by atoms with Crippen LogP contribution < -0.4 is 10.9 Å². The Morgan fingerprint density at radius 2 is 1.89 bits per heavy atom. The SMILES string of the molecule is CC(Nc1ncnc2scnc12)c1cc2cccc(-c3cnn(C)c3)c2c(=O)n1-c1ccccc1. The number of nitrogens with zero attached hydrogens (tertiary/aromatic N) is 6. The molecule has 35 heavy (non-hydrogen) atoms. The minimum Gasteiger partial charge on any atom is -0.360 e. The molecule has 0 aliphatic carbocycles. The molecule has 1 unspecified atom stereocenters. The fourth-order valence-corrected chi connectivity index (χ4v) is 5.05. The lowest BCUT2D eigenvalue weighted by atomic mass is 9.99. The standard InChI is InChI=1S/C26H21N7OS/c1-16(31-24-23-25(28-14-27-24)35-15-29-23)21-11-17-7-6-10-20(18-12-30-32(2)13-18)22(17)26(34)33(21)19-8-4-3-5-9-19/h3-16H,1-2H3,(H,27,28,31). The van der Waals surface area contributed by atoms with Gasteiger partial charge in [-0.1, -0.05) is 36.4 Å². The largest absolute Gasteiger partial charge is 0.360 e. The molecule has 172 valence electrons. The summed E-state index contributed by atoms with van der Waals surface area (Å²) in [5.74, 6) is 0.639. The van der Waals surface area contributed by atoms with Crippen LogP contribution in [0.3, 0.4) is 0 Å². The molecule has 0 saturated heterocycles. The molecule has 4 heterocycles. The Labute approximate surface area is 204 Å². The maximum Gasteiger partial charge on any atom is 0.263 e. The molecule has 0 aliphatic heterocycles. The highest BCUT2D eigenvalue weighted by atomic mass is 32.1. The summed E-state index contributed by atoms with van der Waals surface area (Å²) in [6.07, 6.45) is 5.24. The van der Waals surface area contributed by atoms with Gasteiger partial charge in [0.05, 0.1) is 23.1 Å². The summed E-state index contributed by atoms with van der Waals surface area (Å²) < 4.78 is 3.52. The number of aryl methyl sites for hydroxylation is 1. The monoisotopic (exact) mass is 479 g/mol. The number of thiazole rings is 1. The van der Waals surface area contributed by atoms with Crippen LogP contribution in [0.5, 0.6) is 0 Å². The van der Waals surface area contributed by atoms with E-state index in [1.807, 2.05) is 68.7 Å². The Morgan fingerprint density at radius 3 is 2.69 bits per heavy atom. The summed E-state index contributed by atoms with van der Waals surface area (Å²) in [5, 5.41) is 9.29. The Balaban J connectivity index is 1.57. The minimum absolute atomic E-state index is 0.0849. The number of pyridine rings is 1. The summed E-state index contributed by atoms with van der Waals surface area (Å²) in [5.41, 5.74) is 5.77. The van der Waals surface area contributed by atoms with Crippen LogP contribution in [0.2, 0.25) is 0 Å². The van der Waals surface area contributed by atoms with Crippen molar-refractivity contribution in [3.63, 3.8) is 0 Å². The molecule has 6 aromatic rings. The number of benzene rings is 2. The van der Waals surface area contributed by atoms with Gasteiger partial charge in [-0.25, -0.2) is 15.0 Å². The molecule has 0 bridgehead atoms. The first kappa shape index (κ1) is 21.2. The van der Waals surface area contributed by atoms with Crippen LogP contribution in [-0.4, -0.2) is 29.3 Å². The number of hydrogen-bond acceptors (Lipinski definition) is 7. The van der Waals surface area contributed by atoms with Crippen molar-refractivity contribution in [3.8, 4) is 16.8 Å². The average Bonchev–Trinajstić information content (AvgIpc) is 3.53. The predicted octanol–water partition coefficient (Wildman–Crippen LogP) is 4.96. The fraction of sp³-hybridized carbons (Fsp3) is 0.115. The topological polar surface area (TPSA) is 90.5 Å². The molecule has 4 aromatic heterocycles. The number of hydrogen-bond donors (Lipinski definition) is 1. The van der Waals surface area contributed by atoms with Crippen molar-refractivity contribution < 1.29 is 0 Å². The van der Waals surface area contributed by atoms with Crippen LogP contribution in [-0.2, 0) is 7.05 Å². The van der Waals surface area contributed by atoms with Gasteiger partial charge < -0.3 is 5.32 Å². The van der Waals surface area contributed by atoms with E-state index in [0.717, 1.165) is 38.2 Å². The lowest BCUT2D eigenvalue weighted by Gasteiger charge is -2.22. The van der Waals surface area contributed by atoms with Gasteiger partial charge in [0.2, 0.25) is 0 Å². The Morgan fingerprint density at radius 1 is 1.03 bits per heavy atom. The third-order valence-corrected chi connectivity index (χ3v) is 6.77. The van der Waals surface area contributed by atoms with Crippen LogP contribution in [0.4, 0.5) is 5.82 Å². The zero-order valence-corrected chi connectivity index (χ0v) is 19.9. The van der Waals surface area contributed by atoms with Crippen molar-refractivity contribution in [3.05, 3.63) is 94.9 Å². The first-order valence-electron chi connectivity index (χ1n) is 11.1. The van der Waals surface area contributed by atoms with Gasteiger partial charge in [-0.15, -0.1) is 11.3 Å². The van der Waals surface area contributed by atoms with Crippen LogP contribution >= 0.6 is 11.3 Å². The summed E-state index contributed by atoms with van der Waals surface area (Å²) in [6.45, 7) is 2.02. The molecule has 0 aliphatic rings. The molecule has 0 spiro atoms. The van der Waals surface area contributed by atoms with Gasteiger partial charge in [0.1, 0.15) is 16.7 Å². The van der Waals surface area contributed by atoms with Gasteiger partial charge in [-0.05, 0) is 36.1 Å². The molecule has 0 saturated carbocycles. The second-order valence-corrected chi connectivity index (χ2v) is 9.15. The van der Waals surface area contributed by atoms with E-state index < -0.39 is 0 Å². The third-order valence-electron chi connectivity index (χ3n) is 6.04. The van der Waals surface area contributed by atoms with Gasteiger partial charge in [0.25, 0.3) is 5.56 Å². The first-order chi connectivity index (χ1) is 17.1. The van der Waals surface area contributed by atoms with Crippen LogP contribution in [0.15, 0.2) is 83.6 Å². The van der Waals surface area contributed by atoms with Crippen LogP contribution in [0, 0.1) is 0 Å². The highest BCUT2D eigenvalue weighted by Gasteiger charge is 2.20. The smallest absolute Gasteiger partial charge is 0.263 e. The number of fused-ring (bicyclic) bond motifs is 2. The molecule has 0 radical (unpaired) electrons. The van der Waals surface area contributed by atoms with E-state index in [1.165, 1.54) is 17.7 Å².